The molecule has 0 saturated heterocycles. The number of aryl methyl sites for hydroxylation is 1. The zero-order valence-corrected chi connectivity index (χ0v) is 26.7. The van der Waals surface area contributed by atoms with Gasteiger partial charge in [-0.05, 0) is 91.3 Å². The van der Waals surface area contributed by atoms with E-state index in [1.807, 2.05) is 12.1 Å². The number of amides is 2. The van der Waals surface area contributed by atoms with Crippen LogP contribution in [0.15, 0.2) is 66.1 Å². The van der Waals surface area contributed by atoms with Gasteiger partial charge in [-0.25, -0.2) is 0 Å². The molecule has 1 aromatic rings. The van der Waals surface area contributed by atoms with Crippen LogP contribution in [0.2, 0.25) is 5.02 Å². The molecule has 2 aliphatic carbocycles. The number of hydrogen-bond donors (Lipinski definition) is 2. The minimum absolute atomic E-state index is 0.0191. The summed E-state index contributed by atoms with van der Waals surface area (Å²) in [6.07, 6.45) is 16.7. The van der Waals surface area contributed by atoms with Crippen molar-refractivity contribution >= 4 is 23.4 Å². The topological polar surface area (TPSA) is 91.3 Å². The van der Waals surface area contributed by atoms with E-state index < -0.39 is 11.5 Å². The molecule has 0 aromatic heterocycles. The number of likely N-dealkylation sites (N-methyl/N-ethyl adjacent to an activating group) is 2. The summed E-state index contributed by atoms with van der Waals surface area (Å²) in [6.45, 7) is 1.90. The van der Waals surface area contributed by atoms with Crippen molar-refractivity contribution in [1.82, 2.24) is 15.1 Å². The third kappa shape index (κ3) is 5.50. The quantitative estimate of drug-likeness (QED) is 0.479. The summed E-state index contributed by atoms with van der Waals surface area (Å²) < 4.78 is 12.3. The van der Waals surface area contributed by atoms with Crippen molar-refractivity contribution in [3.8, 4) is 0 Å². The molecule has 8 nitrogen and oxygen atoms in total. The van der Waals surface area contributed by atoms with Crippen LogP contribution in [0.1, 0.15) is 49.7 Å². The summed E-state index contributed by atoms with van der Waals surface area (Å²) in [5.74, 6) is -0.137. The Morgan fingerprint density at radius 3 is 2.86 bits per heavy atom. The highest BCUT2D eigenvalue weighted by atomic mass is 35.5. The maximum absolute atomic E-state index is 13.9. The molecule has 6 atom stereocenters. The molecule has 3 heterocycles. The molecule has 1 aromatic carbocycles. The molecule has 9 heteroatoms. The minimum atomic E-state index is -2.04. The number of fused-ring (bicyclic) bond motifs is 4. The van der Waals surface area contributed by atoms with E-state index in [4.69, 9.17) is 21.1 Å². The van der Waals surface area contributed by atoms with E-state index >= 15 is 0 Å². The normalized spacial score (nSPS) is 37.5. The van der Waals surface area contributed by atoms with Gasteiger partial charge in [-0.15, -0.1) is 0 Å². The molecule has 5 aliphatic rings. The van der Waals surface area contributed by atoms with Crippen LogP contribution in [0.25, 0.3) is 0 Å². The lowest BCUT2D eigenvalue weighted by molar-refractivity contribution is -0.146. The Balaban J connectivity index is 1.56. The monoisotopic (exact) mass is 621 g/mol. The number of rotatable bonds is 2. The summed E-state index contributed by atoms with van der Waals surface area (Å²) in [6, 6.07) is 5.92. The van der Waals surface area contributed by atoms with Crippen molar-refractivity contribution in [2.24, 2.45) is 11.8 Å². The number of hydrogen-bond acceptors (Lipinski definition) is 6. The highest BCUT2D eigenvalue weighted by molar-refractivity contribution is 6.30. The Kier molecular flexibility index (Phi) is 8.70. The molecule has 1 saturated carbocycles. The minimum Gasteiger partial charge on any atom is -0.500 e. The molecular formula is C35H44ClN3O5. The van der Waals surface area contributed by atoms with Crippen molar-refractivity contribution in [3.63, 3.8) is 0 Å². The zero-order valence-electron chi connectivity index (χ0n) is 25.9. The van der Waals surface area contributed by atoms with Crippen LogP contribution in [0.3, 0.4) is 0 Å². The number of nitrogens with one attached hydrogen (secondary N) is 1. The summed E-state index contributed by atoms with van der Waals surface area (Å²) in [5, 5.41) is 15.3. The Labute approximate surface area is 265 Å². The molecule has 3 aliphatic heterocycles. The second-order valence-electron chi connectivity index (χ2n) is 13.1. The van der Waals surface area contributed by atoms with Gasteiger partial charge in [0.1, 0.15) is 0 Å². The van der Waals surface area contributed by atoms with E-state index in [0.717, 1.165) is 49.4 Å². The number of carbonyl (C=O) groups excluding carboxylic acids is 2. The Morgan fingerprint density at radius 1 is 1.27 bits per heavy atom. The van der Waals surface area contributed by atoms with Gasteiger partial charge in [0.05, 0.1) is 31.4 Å². The smallest absolute Gasteiger partial charge is 0.256 e. The molecule has 1 fully saturated rings. The lowest BCUT2D eigenvalue weighted by Crippen LogP contribution is -2.56. The fourth-order valence-corrected chi connectivity index (χ4v) is 8.28. The average molecular weight is 622 g/mol. The highest BCUT2D eigenvalue weighted by Crippen LogP contribution is 2.45. The van der Waals surface area contributed by atoms with E-state index in [2.05, 4.69) is 34.5 Å². The van der Waals surface area contributed by atoms with Crippen LogP contribution >= 0.6 is 11.6 Å². The van der Waals surface area contributed by atoms with E-state index in [1.54, 1.807) is 37.5 Å². The first-order valence-electron chi connectivity index (χ1n) is 15.8. The number of allylic oxidation sites excluding steroid dienone is 2. The van der Waals surface area contributed by atoms with Crippen LogP contribution in [0.4, 0.5) is 0 Å². The average Bonchev–Trinajstić information content (AvgIpc) is 3.03. The summed E-state index contributed by atoms with van der Waals surface area (Å²) in [7, 11) is 5.04. The van der Waals surface area contributed by atoms with Gasteiger partial charge >= 0.3 is 0 Å². The first-order valence-corrected chi connectivity index (χ1v) is 16.2. The van der Waals surface area contributed by atoms with Gasteiger partial charge < -0.3 is 29.7 Å². The summed E-state index contributed by atoms with van der Waals surface area (Å²) >= 11 is 6.48. The van der Waals surface area contributed by atoms with Gasteiger partial charge in [0.25, 0.3) is 5.91 Å². The molecule has 1 spiro atoms. The fourth-order valence-electron chi connectivity index (χ4n) is 8.08. The van der Waals surface area contributed by atoms with Crippen molar-refractivity contribution in [3.05, 3.63) is 82.3 Å². The Bertz CT molecular complexity index is 1420. The van der Waals surface area contributed by atoms with Crippen molar-refractivity contribution in [2.75, 3.05) is 40.9 Å². The van der Waals surface area contributed by atoms with Crippen LogP contribution in [-0.2, 0) is 30.9 Å². The van der Waals surface area contributed by atoms with Crippen LogP contribution < -0.4 is 5.32 Å². The van der Waals surface area contributed by atoms with Crippen molar-refractivity contribution in [2.45, 2.75) is 68.1 Å². The molecule has 2 amide bonds. The molecule has 0 radical (unpaired) electrons. The van der Waals surface area contributed by atoms with Crippen molar-refractivity contribution < 1.29 is 24.2 Å². The van der Waals surface area contributed by atoms with Crippen LogP contribution in [-0.4, -0.2) is 85.4 Å². The fraction of sp³-hybridized carbons (Fsp3) is 0.543. The first-order chi connectivity index (χ1) is 21.2. The first kappa shape index (κ1) is 30.9. The van der Waals surface area contributed by atoms with Gasteiger partial charge in [0.15, 0.2) is 5.60 Å². The van der Waals surface area contributed by atoms with E-state index in [0.29, 0.717) is 37.0 Å². The zero-order chi connectivity index (χ0) is 31.1. The van der Waals surface area contributed by atoms with Crippen molar-refractivity contribution in [1.29, 1.82) is 0 Å². The van der Waals surface area contributed by atoms with Crippen LogP contribution in [0, 0.1) is 11.8 Å². The predicted molar refractivity (Wildman–Crippen MR) is 170 cm³/mol. The number of methoxy groups -OCH3 is 1. The third-order valence-electron chi connectivity index (χ3n) is 10.7. The maximum Gasteiger partial charge on any atom is 0.256 e. The summed E-state index contributed by atoms with van der Waals surface area (Å²) in [4.78, 5) is 31.3. The lowest BCUT2D eigenvalue weighted by Gasteiger charge is -2.50. The van der Waals surface area contributed by atoms with E-state index in [1.165, 1.54) is 18.2 Å². The molecule has 1 unspecified atom stereocenters. The Morgan fingerprint density at radius 2 is 2.11 bits per heavy atom. The lowest BCUT2D eigenvalue weighted by atomic mass is 9.68. The van der Waals surface area contributed by atoms with Gasteiger partial charge in [0.2, 0.25) is 5.91 Å². The van der Waals surface area contributed by atoms with Gasteiger partial charge in [0, 0.05) is 50.4 Å². The van der Waals surface area contributed by atoms with Gasteiger partial charge in [-0.3, -0.25) is 9.59 Å². The van der Waals surface area contributed by atoms with E-state index in [9.17, 15) is 14.7 Å². The number of nitrogens with zero attached hydrogens (tertiary/aromatic N) is 2. The third-order valence-corrected chi connectivity index (χ3v) is 10.9. The second-order valence-corrected chi connectivity index (χ2v) is 13.6. The molecule has 2 N–H and O–H groups in total. The number of ether oxygens (including phenoxy) is 2. The SMILES string of the molecule is CNC(=O)[C@@]1(O)CC(=O)N(C)C2C/C=C\[C@H](OC)[C@@H]3CC[C@H]3CN3C[C@@]4(CCCc5cc(Cl)ccc54)CO\C=C/C=C1\C=C\23. The number of halogens is 1. The molecule has 236 valence electrons. The second kappa shape index (κ2) is 12.4. The largest absolute Gasteiger partial charge is 0.500 e. The number of benzene rings is 1. The summed E-state index contributed by atoms with van der Waals surface area (Å²) in [5.41, 5.74) is 1.42. The molecule has 44 heavy (non-hydrogen) atoms. The number of carbonyl (C=O) groups is 2. The van der Waals surface area contributed by atoms with Gasteiger partial charge in [-0.1, -0.05) is 35.9 Å². The molecular weight excluding hydrogens is 578 g/mol. The Hall–Kier alpha value is -3.07. The molecule has 6 rings (SSSR count). The van der Waals surface area contributed by atoms with Crippen LogP contribution in [0.5, 0.6) is 0 Å². The predicted octanol–water partition coefficient (Wildman–Crippen LogP) is 4.28. The maximum atomic E-state index is 13.9. The standard InChI is InChI=1S/C35H44ClN3O5/c1-37-33(41)35(42)19-32(40)38(2)29-9-4-10-31(43-3)27-13-11-24(27)20-39-21-34(22-44-16-6-8-25(35)18-30(29)39)15-5-7-23-17-26(36)12-14-28(23)34/h4,6,8,10,12,14,16-18,24,27,29,31,42H,5,7,9,11,13,15,19-22H2,1-3H3,(H,37,41)/b10-4-,16-6-,25-8+,30-18-/t24-,27+,29?,31-,34-,35+/m0/s1. The molecule has 2 bridgehead atoms. The highest BCUT2D eigenvalue weighted by Gasteiger charge is 2.48. The van der Waals surface area contributed by atoms with Gasteiger partial charge in [-0.2, -0.15) is 0 Å². The number of aliphatic hydroxyl groups is 1. The van der Waals surface area contributed by atoms with E-state index in [-0.39, 0.29) is 29.9 Å².